The molecule has 1 heterocycles. The predicted octanol–water partition coefficient (Wildman–Crippen LogP) is 2.92. The van der Waals surface area contributed by atoms with Gasteiger partial charge in [-0.1, -0.05) is 47.5 Å². The summed E-state index contributed by atoms with van der Waals surface area (Å²) >= 11 is 11.8. The van der Waals surface area contributed by atoms with Gasteiger partial charge in [0.15, 0.2) is 0 Å². The maximum Gasteiger partial charge on any atom is 0.407 e. The highest BCUT2D eigenvalue weighted by molar-refractivity contribution is 6.30. The van der Waals surface area contributed by atoms with Gasteiger partial charge in [0.05, 0.1) is 20.3 Å². The van der Waals surface area contributed by atoms with Crippen molar-refractivity contribution in [3.8, 4) is 0 Å². The first-order chi connectivity index (χ1) is 21.1. The van der Waals surface area contributed by atoms with E-state index < -0.39 is 29.7 Å². The number of nitrogens with zero attached hydrogens (tertiary/aromatic N) is 2. The number of rotatable bonds is 11. The number of ether oxygens (including phenoxy) is 2. The van der Waals surface area contributed by atoms with Crippen LogP contribution in [0.25, 0.3) is 0 Å². The van der Waals surface area contributed by atoms with E-state index in [1.54, 1.807) is 44.9 Å². The van der Waals surface area contributed by atoms with Crippen molar-refractivity contribution in [1.29, 1.82) is 0 Å². The number of aliphatic hydroxyl groups is 2. The van der Waals surface area contributed by atoms with Gasteiger partial charge in [-0.15, -0.1) is 0 Å². The van der Waals surface area contributed by atoms with E-state index in [1.165, 1.54) is 7.11 Å². The molecule has 45 heavy (non-hydrogen) atoms. The third-order valence-electron chi connectivity index (χ3n) is 7.06. The van der Waals surface area contributed by atoms with E-state index in [-0.39, 0.29) is 31.2 Å². The number of carbonyl (C=O) groups is 3. The molecule has 4 N–H and O–H groups in total. The lowest BCUT2D eigenvalue weighted by atomic mass is 10.0. The van der Waals surface area contributed by atoms with Crippen LogP contribution in [0.2, 0.25) is 10.0 Å². The molecule has 13 heteroatoms. The third kappa shape index (κ3) is 13.5. The molecule has 1 saturated heterocycles. The first-order valence-electron chi connectivity index (χ1n) is 14.6. The summed E-state index contributed by atoms with van der Waals surface area (Å²) in [6, 6.07) is 13.4. The molecular weight excluding hydrogens is 623 g/mol. The Hall–Kier alpha value is -2.93. The van der Waals surface area contributed by atoms with E-state index in [4.69, 9.17) is 37.8 Å². The minimum absolute atomic E-state index is 0.0754. The highest BCUT2D eigenvalue weighted by Gasteiger charge is 2.31. The second-order valence-corrected chi connectivity index (χ2v) is 12.9. The zero-order chi connectivity index (χ0) is 33.7. The molecule has 0 radical (unpaired) electrons. The average Bonchev–Trinajstić information content (AvgIpc) is 2.95. The van der Waals surface area contributed by atoms with E-state index in [2.05, 4.69) is 10.6 Å². The highest BCUT2D eigenvalue weighted by atomic mass is 35.5. The summed E-state index contributed by atoms with van der Waals surface area (Å²) < 4.78 is 10.0. The topological polar surface area (TPSA) is 141 Å². The Labute approximate surface area is 275 Å². The minimum atomic E-state index is -0.817. The van der Waals surface area contributed by atoms with Crippen LogP contribution in [0.15, 0.2) is 48.5 Å². The van der Waals surface area contributed by atoms with Crippen LogP contribution in [0.3, 0.4) is 0 Å². The molecule has 0 spiro atoms. The Morgan fingerprint density at radius 2 is 1.62 bits per heavy atom. The van der Waals surface area contributed by atoms with Crippen molar-refractivity contribution in [2.24, 2.45) is 0 Å². The van der Waals surface area contributed by atoms with Crippen molar-refractivity contribution < 1.29 is 34.1 Å². The SMILES string of the molecule is CN1CC(Cc2ccc(Cl)cc2)NC(=O)[C@@H]1CO.COC(=O)[C@H](CO)N(C)C[C@H](Cc1ccc(Cl)cc1)NC(=O)OC(C)(C)C. The Morgan fingerprint density at radius 3 is 2.09 bits per heavy atom. The van der Waals surface area contributed by atoms with Crippen LogP contribution in [0.5, 0.6) is 0 Å². The fraction of sp³-hybridized carbons (Fsp3) is 0.531. The van der Waals surface area contributed by atoms with Crippen LogP contribution in [-0.4, -0.2) is 115 Å². The number of methoxy groups -OCH3 is 1. The van der Waals surface area contributed by atoms with Gasteiger partial charge in [-0.3, -0.25) is 19.4 Å². The lowest BCUT2D eigenvalue weighted by Crippen LogP contribution is -2.60. The van der Waals surface area contributed by atoms with Crippen molar-refractivity contribution >= 4 is 41.2 Å². The number of halogens is 2. The van der Waals surface area contributed by atoms with Gasteiger partial charge in [-0.2, -0.15) is 0 Å². The van der Waals surface area contributed by atoms with Crippen LogP contribution in [0.4, 0.5) is 4.79 Å². The van der Waals surface area contributed by atoms with Crippen molar-refractivity contribution in [2.75, 3.05) is 47.5 Å². The number of likely N-dealkylation sites (N-methyl/N-ethyl adjacent to an activating group) is 2. The van der Waals surface area contributed by atoms with Gasteiger partial charge in [0.25, 0.3) is 0 Å². The van der Waals surface area contributed by atoms with Crippen molar-refractivity contribution in [2.45, 2.75) is 63.4 Å². The summed E-state index contributed by atoms with van der Waals surface area (Å²) in [5.74, 6) is -0.646. The first kappa shape index (κ1) is 38.3. The van der Waals surface area contributed by atoms with Crippen LogP contribution in [0.1, 0.15) is 31.9 Å². The number of nitrogens with one attached hydrogen (secondary N) is 2. The molecular formula is C32H46Cl2N4O7. The average molecular weight is 670 g/mol. The number of hydrogen-bond donors (Lipinski definition) is 4. The van der Waals surface area contributed by atoms with Crippen LogP contribution >= 0.6 is 23.2 Å². The zero-order valence-electron chi connectivity index (χ0n) is 26.8. The van der Waals surface area contributed by atoms with Gasteiger partial charge in [-0.05, 0) is 83.1 Å². The number of hydrogen-bond acceptors (Lipinski definition) is 9. The van der Waals surface area contributed by atoms with Gasteiger partial charge in [0.2, 0.25) is 5.91 Å². The summed E-state index contributed by atoms with van der Waals surface area (Å²) in [7, 11) is 4.81. The number of benzene rings is 2. The highest BCUT2D eigenvalue weighted by Crippen LogP contribution is 2.15. The fourth-order valence-electron chi connectivity index (χ4n) is 4.81. The molecule has 3 rings (SSSR count). The molecule has 0 aromatic heterocycles. The molecule has 250 valence electrons. The molecule has 0 aliphatic carbocycles. The summed E-state index contributed by atoms with van der Waals surface area (Å²) in [5, 5.41) is 25.7. The number of amides is 2. The minimum Gasteiger partial charge on any atom is -0.468 e. The van der Waals surface area contributed by atoms with E-state index >= 15 is 0 Å². The van der Waals surface area contributed by atoms with Crippen LogP contribution in [-0.2, 0) is 31.9 Å². The molecule has 0 bridgehead atoms. The summed E-state index contributed by atoms with van der Waals surface area (Å²) in [6.07, 6.45) is 0.722. The normalized spacial score (nSPS) is 18.2. The molecule has 0 saturated carbocycles. The number of esters is 1. The smallest absolute Gasteiger partial charge is 0.407 e. The molecule has 2 aromatic rings. The summed E-state index contributed by atoms with van der Waals surface area (Å²) in [6.45, 7) is 5.87. The standard InChI is InChI=1S/C19H29ClN2O5.C13H17ClN2O2/c1-19(2,3)27-18(25)21-15(10-13-6-8-14(20)9-7-13)11-22(4)16(12-23)17(24)26-5;1-16-7-11(15-13(18)12(16)8-17)6-9-2-4-10(14)5-3-9/h6-9,15-16,23H,10-12H2,1-5H3,(H,21,25);2-5,11-12,17H,6-8H2,1H3,(H,15,18)/t15-,16-;11?,12-/m00/s1. The second-order valence-electron chi connectivity index (χ2n) is 12.0. The molecule has 1 fully saturated rings. The van der Waals surface area contributed by atoms with Crippen LogP contribution < -0.4 is 10.6 Å². The Kier molecular flexibility index (Phi) is 15.5. The number of carbonyl (C=O) groups excluding carboxylic acids is 3. The molecule has 4 atom stereocenters. The first-order valence-corrected chi connectivity index (χ1v) is 15.4. The van der Waals surface area contributed by atoms with Crippen molar-refractivity contribution in [3.05, 3.63) is 69.7 Å². The van der Waals surface area contributed by atoms with E-state index in [0.717, 1.165) is 24.1 Å². The van der Waals surface area contributed by atoms with Crippen LogP contribution in [0, 0.1) is 0 Å². The van der Waals surface area contributed by atoms with Crippen molar-refractivity contribution in [1.82, 2.24) is 20.4 Å². The van der Waals surface area contributed by atoms with E-state index in [1.807, 2.05) is 48.3 Å². The van der Waals surface area contributed by atoms with Gasteiger partial charge in [0.1, 0.15) is 17.7 Å². The maximum absolute atomic E-state index is 12.2. The molecule has 1 aliphatic heterocycles. The quantitative estimate of drug-likeness (QED) is 0.266. The molecule has 11 nitrogen and oxygen atoms in total. The van der Waals surface area contributed by atoms with Gasteiger partial charge >= 0.3 is 12.1 Å². The largest absolute Gasteiger partial charge is 0.468 e. The van der Waals surface area contributed by atoms with Crippen molar-refractivity contribution in [3.63, 3.8) is 0 Å². The lowest BCUT2D eigenvalue weighted by molar-refractivity contribution is -0.148. The molecule has 2 amide bonds. The zero-order valence-corrected chi connectivity index (χ0v) is 28.3. The molecule has 1 aliphatic rings. The van der Waals surface area contributed by atoms with Gasteiger partial charge < -0.3 is 30.3 Å². The van der Waals surface area contributed by atoms with E-state index in [9.17, 15) is 19.5 Å². The Balaban J connectivity index is 0.000000338. The molecule has 1 unspecified atom stereocenters. The van der Waals surface area contributed by atoms with Gasteiger partial charge in [0, 0.05) is 35.2 Å². The van der Waals surface area contributed by atoms with E-state index in [0.29, 0.717) is 23.0 Å². The monoisotopic (exact) mass is 668 g/mol. The Bertz CT molecular complexity index is 1230. The molecule has 2 aromatic carbocycles. The predicted molar refractivity (Wildman–Crippen MR) is 174 cm³/mol. The number of piperazine rings is 1. The fourth-order valence-corrected chi connectivity index (χ4v) is 5.06. The second kappa shape index (κ2) is 18.3. The summed E-state index contributed by atoms with van der Waals surface area (Å²) in [4.78, 5) is 39.3. The van der Waals surface area contributed by atoms with Gasteiger partial charge in [-0.25, -0.2) is 4.79 Å². The maximum atomic E-state index is 12.2. The number of aliphatic hydroxyl groups excluding tert-OH is 2. The summed E-state index contributed by atoms with van der Waals surface area (Å²) in [5.41, 5.74) is 1.48. The number of alkyl carbamates (subject to hydrolysis) is 1. The Morgan fingerprint density at radius 1 is 1.07 bits per heavy atom. The third-order valence-corrected chi connectivity index (χ3v) is 7.56. The lowest BCUT2D eigenvalue weighted by Gasteiger charge is -2.36.